The number of hydrogen-bond donors (Lipinski definition) is 2. The number of pyridine rings is 2. The minimum Gasteiger partial charge on any atom is -0.500 e. The third-order valence-corrected chi connectivity index (χ3v) is 3.08. The van der Waals surface area contributed by atoms with Gasteiger partial charge in [-0.15, -0.1) is 0 Å². The first-order valence-electron chi connectivity index (χ1n) is 5.21. The van der Waals surface area contributed by atoms with Gasteiger partial charge in [-0.2, -0.15) is 0 Å². The number of aromatic amines is 1. The van der Waals surface area contributed by atoms with E-state index in [2.05, 4.69) is 9.97 Å². The Labute approximate surface area is 101 Å². The molecule has 2 aromatic heterocycles. The average Bonchev–Trinajstić information content (AvgIpc) is 2.28. The van der Waals surface area contributed by atoms with Crippen LogP contribution in [-0.4, -0.2) is 20.0 Å². The molecule has 2 heterocycles. The van der Waals surface area contributed by atoms with Crippen molar-refractivity contribution in [3.05, 3.63) is 37.3 Å². The Kier molecular flexibility index (Phi) is 2.54. The highest BCUT2D eigenvalue weighted by atomic mass is 16.6. The van der Waals surface area contributed by atoms with E-state index in [1.165, 1.54) is 0 Å². The molecule has 0 aromatic carbocycles. The van der Waals surface area contributed by atoms with Gasteiger partial charge >= 0.3 is 11.2 Å². The lowest BCUT2D eigenvalue weighted by Crippen LogP contribution is -2.13. The van der Waals surface area contributed by atoms with Crippen molar-refractivity contribution in [3.8, 4) is 5.75 Å². The number of rotatable bonds is 1. The highest BCUT2D eigenvalue weighted by Gasteiger charge is 2.24. The van der Waals surface area contributed by atoms with Crippen LogP contribution in [0.2, 0.25) is 0 Å². The summed E-state index contributed by atoms with van der Waals surface area (Å²) < 4.78 is 0. The summed E-state index contributed by atoms with van der Waals surface area (Å²) in [6.07, 6.45) is 0. The Morgan fingerprint density at radius 2 is 1.89 bits per heavy atom. The number of aryl methyl sites for hydroxylation is 2. The predicted octanol–water partition coefficient (Wildman–Crippen LogP) is 1.46. The summed E-state index contributed by atoms with van der Waals surface area (Å²) in [4.78, 5) is 27.9. The minimum absolute atomic E-state index is 0.0434. The number of aromatic hydroxyl groups is 1. The van der Waals surface area contributed by atoms with Crippen LogP contribution in [-0.2, 0) is 0 Å². The lowest BCUT2D eigenvalue weighted by molar-refractivity contribution is -0.387. The molecule has 18 heavy (non-hydrogen) atoms. The monoisotopic (exact) mass is 249 g/mol. The van der Waals surface area contributed by atoms with Crippen molar-refractivity contribution in [2.75, 3.05) is 0 Å². The summed E-state index contributed by atoms with van der Waals surface area (Å²) in [6, 6.07) is 0. The molecule has 0 aliphatic rings. The van der Waals surface area contributed by atoms with E-state index in [9.17, 15) is 20.0 Å². The fourth-order valence-electron chi connectivity index (χ4n) is 1.83. The second-order valence-electron chi connectivity index (χ2n) is 4.08. The van der Waals surface area contributed by atoms with Gasteiger partial charge < -0.3 is 10.1 Å². The van der Waals surface area contributed by atoms with E-state index in [1.54, 1.807) is 13.8 Å². The molecule has 0 aliphatic heterocycles. The smallest absolute Gasteiger partial charge is 0.377 e. The summed E-state index contributed by atoms with van der Waals surface area (Å²) in [6.45, 7) is 5.32. The lowest BCUT2D eigenvalue weighted by atomic mass is 10.1. The maximum atomic E-state index is 11.6. The molecule has 2 rings (SSSR count). The van der Waals surface area contributed by atoms with Crippen LogP contribution in [0, 0.1) is 30.9 Å². The zero-order valence-electron chi connectivity index (χ0n) is 10.1. The largest absolute Gasteiger partial charge is 0.500 e. The molecular formula is C11H11N3O4. The SMILES string of the molecule is Cc1nc2c(O)c([N+](=O)[O-])c(=O)[nH]c2c(C)c1C. The third kappa shape index (κ3) is 1.52. The van der Waals surface area contributed by atoms with Gasteiger partial charge in [0.25, 0.3) is 0 Å². The van der Waals surface area contributed by atoms with Gasteiger partial charge in [-0.3, -0.25) is 14.9 Å². The van der Waals surface area contributed by atoms with Crippen LogP contribution in [0.5, 0.6) is 5.75 Å². The van der Waals surface area contributed by atoms with Crippen molar-refractivity contribution in [2.45, 2.75) is 20.8 Å². The minimum atomic E-state index is -0.932. The van der Waals surface area contributed by atoms with Crippen LogP contribution in [0.4, 0.5) is 5.69 Å². The molecule has 2 N–H and O–H groups in total. The van der Waals surface area contributed by atoms with Crippen LogP contribution in [0.1, 0.15) is 16.8 Å². The quantitative estimate of drug-likeness (QED) is 0.587. The van der Waals surface area contributed by atoms with Crippen molar-refractivity contribution < 1.29 is 10.0 Å². The van der Waals surface area contributed by atoms with Crippen molar-refractivity contribution in [1.82, 2.24) is 9.97 Å². The third-order valence-electron chi connectivity index (χ3n) is 3.08. The number of nitrogens with zero attached hydrogens (tertiary/aromatic N) is 2. The molecule has 7 heteroatoms. The maximum Gasteiger partial charge on any atom is 0.377 e. The molecule has 2 aromatic rings. The van der Waals surface area contributed by atoms with Crippen LogP contribution in [0.25, 0.3) is 11.0 Å². The first kappa shape index (κ1) is 12.0. The van der Waals surface area contributed by atoms with E-state index in [4.69, 9.17) is 0 Å². The molecule has 7 nitrogen and oxygen atoms in total. The molecule has 0 aliphatic carbocycles. The van der Waals surface area contributed by atoms with Gasteiger partial charge in [-0.25, -0.2) is 4.98 Å². The summed E-state index contributed by atoms with van der Waals surface area (Å²) in [5.74, 6) is -0.690. The average molecular weight is 249 g/mol. The Bertz CT molecular complexity index is 733. The van der Waals surface area contributed by atoms with Crippen molar-refractivity contribution >= 4 is 16.7 Å². The highest BCUT2D eigenvalue weighted by molar-refractivity contribution is 5.87. The molecule has 0 amide bonds. The highest BCUT2D eigenvalue weighted by Crippen LogP contribution is 2.31. The number of H-pyrrole nitrogens is 1. The van der Waals surface area contributed by atoms with Gasteiger partial charge in [-0.1, -0.05) is 0 Å². The fourth-order valence-corrected chi connectivity index (χ4v) is 1.83. The zero-order chi connectivity index (χ0) is 13.6. The van der Waals surface area contributed by atoms with E-state index in [-0.39, 0.29) is 5.52 Å². The Morgan fingerprint density at radius 3 is 2.44 bits per heavy atom. The molecule has 0 spiro atoms. The number of fused-ring (bicyclic) bond motifs is 1. The number of nitro groups is 1. The molecule has 0 bridgehead atoms. The molecular weight excluding hydrogens is 238 g/mol. The fraction of sp³-hybridized carbons (Fsp3) is 0.273. The summed E-state index contributed by atoms with van der Waals surface area (Å²) in [5, 5.41) is 20.5. The second kappa shape index (κ2) is 3.80. The molecule has 0 saturated carbocycles. The van der Waals surface area contributed by atoms with Crippen LogP contribution < -0.4 is 5.56 Å². The van der Waals surface area contributed by atoms with E-state index in [0.29, 0.717) is 11.2 Å². The molecule has 0 atom stereocenters. The van der Waals surface area contributed by atoms with E-state index >= 15 is 0 Å². The number of hydrogen-bond acceptors (Lipinski definition) is 5. The zero-order valence-corrected chi connectivity index (χ0v) is 10.1. The molecule has 0 radical (unpaired) electrons. The standard InChI is InChI=1S/C11H11N3O4/c1-4-5(2)7-8(12-6(4)3)10(15)9(14(17)18)11(16)13-7/h1-3H3,(H2,13,15,16). The summed E-state index contributed by atoms with van der Waals surface area (Å²) in [5.41, 5.74) is 0.812. The van der Waals surface area contributed by atoms with E-state index in [1.807, 2.05) is 6.92 Å². The topological polar surface area (TPSA) is 109 Å². The van der Waals surface area contributed by atoms with Crippen LogP contribution >= 0.6 is 0 Å². The Hall–Kier alpha value is -2.44. The van der Waals surface area contributed by atoms with Crippen LogP contribution in [0.3, 0.4) is 0 Å². The van der Waals surface area contributed by atoms with Crippen molar-refractivity contribution in [3.63, 3.8) is 0 Å². The van der Waals surface area contributed by atoms with Crippen molar-refractivity contribution in [2.24, 2.45) is 0 Å². The second-order valence-corrected chi connectivity index (χ2v) is 4.08. The normalized spacial score (nSPS) is 10.8. The number of aromatic nitrogens is 2. The molecule has 0 fully saturated rings. The van der Waals surface area contributed by atoms with Gasteiger partial charge in [0.1, 0.15) is 5.52 Å². The van der Waals surface area contributed by atoms with Gasteiger partial charge in [0, 0.05) is 5.69 Å². The lowest BCUT2D eigenvalue weighted by Gasteiger charge is -2.09. The first-order valence-corrected chi connectivity index (χ1v) is 5.21. The van der Waals surface area contributed by atoms with E-state index in [0.717, 1.165) is 11.1 Å². The van der Waals surface area contributed by atoms with Gasteiger partial charge in [0.2, 0.25) is 5.75 Å². The molecule has 0 saturated heterocycles. The molecule has 0 unspecified atom stereocenters. The summed E-state index contributed by atoms with van der Waals surface area (Å²) in [7, 11) is 0. The van der Waals surface area contributed by atoms with Crippen LogP contribution in [0.15, 0.2) is 4.79 Å². The molecule has 94 valence electrons. The van der Waals surface area contributed by atoms with E-state index < -0.39 is 21.9 Å². The maximum absolute atomic E-state index is 11.6. The Balaban J connectivity index is 3.06. The number of nitrogens with one attached hydrogen (secondary N) is 1. The van der Waals surface area contributed by atoms with Gasteiger partial charge in [0.15, 0.2) is 0 Å². The first-order chi connectivity index (χ1) is 8.34. The predicted molar refractivity (Wildman–Crippen MR) is 64.9 cm³/mol. The Morgan fingerprint density at radius 1 is 1.28 bits per heavy atom. The van der Waals surface area contributed by atoms with Crippen molar-refractivity contribution in [1.29, 1.82) is 0 Å². The van der Waals surface area contributed by atoms with Gasteiger partial charge in [0.05, 0.1) is 10.4 Å². The summed E-state index contributed by atoms with van der Waals surface area (Å²) >= 11 is 0. The van der Waals surface area contributed by atoms with Gasteiger partial charge in [-0.05, 0) is 31.9 Å².